The predicted octanol–water partition coefficient (Wildman–Crippen LogP) is 1.61. The van der Waals surface area contributed by atoms with Gasteiger partial charge in [0.1, 0.15) is 23.7 Å². The molecule has 0 saturated heterocycles. The van der Waals surface area contributed by atoms with Crippen LogP contribution in [0.15, 0.2) is 30.4 Å². The van der Waals surface area contributed by atoms with E-state index in [0.29, 0.717) is 5.57 Å². The van der Waals surface area contributed by atoms with Gasteiger partial charge in [0.05, 0.1) is 0 Å². The SMILES string of the molecule is C=C(COc1ccc(C(=O)O)c(O)c1)C(C)=O. The fraction of sp³-hybridized carbons (Fsp3) is 0.167. The molecule has 0 saturated carbocycles. The lowest BCUT2D eigenvalue weighted by molar-refractivity contribution is -0.113. The third-order valence-electron chi connectivity index (χ3n) is 2.11. The minimum atomic E-state index is -1.22. The zero-order chi connectivity index (χ0) is 13.0. The molecule has 0 bridgehead atoms. The number of carbonyl (C=O) groups is 2. The zero-order valence-corrected chi connectivity index (χ0v) is 9.27. The van der Waals surface area contributed by atoms with E-state index in [0.717, 1.165) is 0 Å². The van der Waals surface area contributed by atoms with Crippen molar-refractivity contribution in [3.63, 3.8) is 0 Å². The molecule has 0 aliphatic carbocycles. The lowest BCUT2D eigenvalue weighted by atomic mass is 10.2. The number of aromatic carboxylic acids is 1. The molecule has 0 aliphatic rings. The van der Waals surface area contributed by atoms with Crippen LogP contribution in [0.25, 0.3) is 0 Å². The first-order valence-electron chi connectivity index (χ1n) is 4.79. The van der Waals surface area contributed by atoms with E-state index in [-0.39, 0.29) is 29.5 Å². The first kappa shape index (κ1) is 12.8. The molecule has 0 unspecified atom stereocenters. The van der Waals surface area contributed by atoms with Crippen molar-refractivity contribution in [2.24, 2.45) is 0 Å². The summed E-state index contributed by atoms with van der Waals surface area (Å²) in [6.45, 7) is 4.88. The molecule has 1 rings (SSSR count). The summed E-state index contributed by atoms with van der Waals surface area (Å²) < 4.78 is 5.17. The second-order valence-electron chi connectivity index (χ2n) is 3.43. The molecule has 0 amide bonds. The van der Waals surface area contributed by atoms with Gasteiger partial charge < -0.3 is 14.9 Å². The molecule has 5 heteroatoms. The number of hydrogen-bond donors (Lipinski definition) is 2. The zero-order valence-electron chi connectivity index (χ0n) is 9.27. The van der Waals surface area contributed by atoms with Gasteiger partial charge >= 0.3 is 5.97 Å². The van der Waals surface area contributed by atoms with Crippen molar-refractivity contribution in [3.8, 4) is 11.5 Å². The van der Waals surface area contributed by atoms with Crippen LogP contribution in [0.3, 0.4) is 0 Å². The average molecular weight is 236 g/mol. The molecule has 0 radical (unpaired) electrons. The van der Waals surface area contributed by atoms with Crippen LogP contribution < -0.4 is 4.74 Å². The van der Waals surface area contributed by atoms with Crippen LogP contribution in [0.5, 0.6) is 11.5 Å². The topological polar surface area (TPSA) is 83.8 Å². The smallest absolute Gasteiger partial charge is 0.339 e. The van der Waals surface area contributed by atoms with Crippen LogP contribution in [0.2, 0.25) is 0 Å². The van der Waals surface area contributed by atoms with Crippen LogP contribution >= 0.6 is 0 Å². The van der Waals surface area contributed by atoms with Gasteiger partial charge in [-0.2, -0.15) is 0 Å². The molecule has 0 aliphatic heterocycles. The Balaban J connectivity index is 2.75. The number of phenols is 1. The van der Waals surface area contributed by atoms with Crippen molar-refractivity contribution < 1.29 is 24.5 Å². The molecule has 5 nitrogen and oxygen atoms in total. The van der Waals surface area contributed by atoms with E-state index in [1.807, 2.05) is 0 Å². The van der Waals surface area contributed by atoms with Gasteiger partial charge in [-0.1, -0.05) is 6.58 Å². The Kier molecular flexibility index (Phi) is 3.87. The third-order valence-corrected chi connectivity index (χ3v) is 2.11. The van der Waals surface area contributed by atoms with E-state index in [1.54, 1.807) is 0 Å². The maximum Gasteiger partial charge on any atom is 0.339 e. The quantitative estimate of drug-likeness (QED) is 0.759. The highest BCUT2D eigenvalue weighted by molar-refractivity contribution is 5.93. The molecule has 0 fully saturated rings. The molecule has 1 aromatic rings. The average Bonchev–Trinajstić information content (AvgIpc) is 2.25. The van der Waals surface area contributed by atoms with Gasteiger partial charge in [-0.25, -0.2) is 4.79 Å². The largest absolute Gasteiger partial charge is 0.507 e. The van der Waals surface area contributed by atoms with Gasteiger partial charge in [0.2, 0.25) is 0 Å². The molecule has 0 aromatic heterocycles. The summed E-state index contributed by atoms with van der Waals surface area (Å²) in [5.41, 5.74) is 0.0922. The number of carboxylic acids is 1. The lowest BCUT2D eigenvalue weighted by Gasteiger charge is -2.07. The fourth-order valence-corrected chi connectivity index (χ4v) is 1.05. The van der Waals surface area contributed by atoms with Crippen LogP contribution in [0.1, 0.15) is 17.3 Å². The second kappa shape index (κ2) is 5.16. The number of carbonyl (C=O) groups excluding carboxylic acids is 1. The Morgan fingerprint density at radius 1 is 1.41 bits per heavy atom. The summed E-state index contributed by atoms with van der Waals surface area (Å²) in [5.74, 6) is -1.52. The van der Waals surface area contributed by atoms with Gasteiger partial charge in [-0.3, -0.25) is 4.79 Å². The van der Waals surface area contributed by atoms with Gasteiger partial charge in [0, 0.05) is 11.6 Å². The molecule has 1 aromatic carbocycles. The van der Waals surface area contributed by atoms with Crippen molar-refractivity contribution in [1.29, 1.82) is 0 Å². The standard InChI is InChI=1S/C12H12O5/c1-7(8(2)13)6-17-9-3-4-10(12(15)16)11(14)5-9/h3-5,14H,1,6H2,2H3,(H,15,16). The minimum absolute atomic E-state index is 0.00118. The number of benzene rings is 1. The Morgan fingerprint density at radius 3 is 2.53 bits per heavy atom. The Hall–Kier alpha value is -2.30. The molecule has 0 heterocycles. The van der Waals surface area contributed by atoms with E-state index >= 15 is 0 Å². The van der Waals surface area contributed by atoms with Crippen LogP contribution in [-0.2, 0) is 4.79 Å². The number of ether oxygens (including phenoxy) is 1. The Morgan fingerprint density at radius 2 is 2.06 bits per heavy atom. The summed E-state index contributed by atoms with van der Waals surface area (Å²) in [5, 5.41) is 18.1. The van der Waals surface area contributed by atoms with Crippen LogP contribution in [0, 0.1) is 0 Å². The number of Topliss-reactive ketones (excluding diaryl/α,β-unsaturated/α-hetero) is 1. The molecule has 0 spiro atoms. The van der Waals surface area contributed by atoms with Crippen molar-refractivity contribution in [2.75, 3.05) is 6.61 Å². The number of aromatic hydroxyl groups is 1. The van der Waals surface area contributed by atoms with Gasteiger partial charge in [0.25, 0.3) is 0 Å². The first-order valence-corrected chi connectivity index (χ1v) is 4.79. The highest BCUT2D eigenvalue weighted by atomic mass is 16.5. The van der Waals surface area contributed by atoms with Crippen molar-refractivity contribution >= 4 is 11.8 Å². The van der Waals surface area contributed by atoms with Crippen LogP contribution in [-0.4, -0.2) is 28.6 Å². The molecule has 2 N–H and O–H groups in total. The summed E-state index contributed by atoms with van der Waals surface area (Å²) >= 11 is 0. The van der Waals surface area contributed by atoms with E-state index in [9.17, 15) is 14.7 Å². The van der Waals surface area contributed by atoms with Crippen molar-refractivity contribution in [1.82, 2.24) is 0 Å². The maximum absolute atomic E-state index is 10.9. The van der Waals surface area contributed by atoms with E-state index in [4.69, 9.17) is 9.84 Å². The van der Waals surface area contributed by atoms with Crippen molar-refractivity contribution in [3.05, 3.63) is 35.9 Å². The molecule has 90 valence electrons. The number of rotatable bonds is 5. The maximum atomic E-state index is 10.9. The normalized spacial score (nSPS) is 9.71. The molecule has 17 heavy (non-hydrogen) atoms. The molecular formula is C12H12O5. The van der Waals surface area contributed by atoms with E-state index in [1.165, 1.54) is 25.1 Å². The first-order chi connectivity index (χ1) is 7.91. The number of hydrogen-bond acceptors (Lipinski definition) is 4. The number of ketones is 1. The van der Waals surface area contributed by atoms with Gasteiger partial charge in [-0.15, -0.1) is 0 Å². The summed E-state index contributed by atoms with van der Waals surface area (Å²) in [4.78, 5) is 21.5. The summed E-state index contributed by atoms with van der Waals surface area (Å²) in [6, 6.07) is 3.80. The highest BCUT2D eigenvalue weighted by Gasteiger charge is 2.10. The Bertz CT molecular complexity index is 476. The van der Waals surface area contributed by atoms with E-state index < -0.39 is 5.97 Å². The summed E-state index contributed by atoms with van der Waals surface area (Å²) in [7, 11) is 0. The van der Waals surface area contributed by atoms with Gasteiger partial charge in [0.15, 0.2) is 5.78 Å². The lowest BCUT2D eigenvalue weighted by Crippen LogP contribution is -2.07. The monoisotopic (exact) mass is 236 g/mol. The van der Waals surface area contributed by atoms with Crippen LogP contribution in [0.4, 0.5) is 0 Å². The highest BCUT2D eigenvalue weighted by Crippen LogP contribution is 2.23. The fourth-order valence-electron chi connectivity index (χ4n) is 1.05. The van der Waals surface area contributed by atoms with Crippen molar-refractivity contribution in [2.45, 2.75) is 6.92 Å². The predicted molar refractivity (Wildman–Crippen MR) is 60.4 cm³/mol. The summed E-state index contributed by atoms with van der Waals surface area (Å²) in [6.07, 6.45) is 0. The van der Waals surface area contributed by atoms with E-state index in [2.05, 4.69) is 6.58 Å². The van der Waals surface area contributed by atoms with Gasteiger partial charge in [-0.05, 0) is 19.1 Å². The number of carboxylic acid groups (broad SMARTS) is 1. The minimum Gasteiger partial charge on any atom is -0.507 e. The molecule has 0 atom stereocenters. The molecular weight excluding hydrogens is 224 g/mol. The second-order valence-corrected chi connectivity index (χ2v) is 3.43. The Labute approximate surface area is 98.0 Å². The third kappa shape index (κ3) is 3.34.